The first-order valence-electron chi connectivity index (χ1n) is 5.50. The molecule has 2 atom stereocenters. The van der Waals surface area contributed by atoms with Gasteiger partial charge in [0.05, 0.1) is 0 Å². The van der Waals surface area contributed by atoms with Gasteiger partial charge in [0, 0.05) is 24.5 Å². The normalized spacial score (nSPS) is 17.4. The zero-order chi connectivity index (χ0) is 11.1. The second kappa shape index (κ2) is 6.74. The molecule has 0 spiro atoms. The van der Waals surface area contributed by atoms with E-state index in [1.54, 1.807) is 0 Å². The van der Waals surface area contributed by atoms with E-state index in [9.17, 15) is 0 Å². The third-order valence-corrected chi connectivity index (χ3v) is 2.64. The summed E-state index contributed by atoms with van der Waals surface area (Å²) >= 11 is 0. The molecule has 0 fully saturated rings. The maximum Gasteiger partial charge on any atom is 0.0494 e. The summed E-state index contributed by atoms with van der Waals surface area (Å²) in [7, 11) is 0. The molecular weight excluding hydrogens is 172 g/mol. The van der Waals surface area contributed by atoms with Crippen molar-refractivity contribution in [3.05, 3.63) is 0 Å². The quantitative estimate of drug-likeness (QED) is 0.603. The highest BCUT2D eigenvalue weighted by Crippen LogP contribution is 2.04. The van der Waals surface area contributed by atoms with Crippen LogP contribution in [0.25, 0.3) is 0 Å². The fourth-order valence-electron chi connectivity index (χ4n) is 0.693. The second-order valence-corrected chi connectivity index (χ2v) is 4.57. The highest BCUT2D eigenvalue weighted by atomic mass is 14.8. The molecule has 0 saturated heterocycles. The van der Waals surface area contributed by atoms with Crippen molar-refractivity contribution in [2.45, 2.75) is 53.6 Å². The van der Waals surface area contributed by atoms with Crippen LogP contribution in [0.2, 0.25) is 0 Å². The Morgan fingerprint density at radius 3 is 1.14 bits per heavy atom. The van der Waals surface area contributed by atoms with Crippen molar-refractivity contribution < 1.29 is 0 Å². The molecule has 0 aromatic carbocycles. The monoisotopic (exact) mass is 196 g/mol. The Kier molecular flexibility index (Phi) is 6.43. The summed E-state index contributed by atoms with van der Waals surface area (Å²) in [4.78, 5) is 8.76. The molecule has 0 rings (SSSR count). The Hall–Kier alpha value is -0.660. The molecule has 0 aromatic heterocycles. The van der Waals surface area contributed by atoms with E-state index in [0.717, 1.165) is 0 Å². The lowest BCUT2D eigenvalue weighted by Gasteiger charge is -2.09. The molecule has 0 N–H and O–H groups in total. The largest absolute Gasteiger partial charge is 0.288 e. The zero-order valence-corrected chi connectivity index (χ0v) is 10.4. The van der Waals surface area contributed by atoms with Gasteiger partial charge in [-0.15, -0.1) is 0 Å². The van der Waals surface area contributed by atoms with Crippen LogP contribution in [-0.4, -0.2) is 24.5 Å². The molecule has 0 bridgehead atoms. The summed E-state index contributed by atoms with van der Waals surface area (Å²) in [5.41, 5.74) is 0. The Balaban J connectivity index is 3.92. The number of rotatable bonds is 5. The SMILES string of the molecule is CC(C)[C@H](C)N=CC=N[C@@H](C)C(C)C. The average Bonchev–Trinajstić information content (AvgIpc) is 2.11. The number of aliphatic imine (C=N–C) groups is 2. The summed E-state index contributed by atoms with van der Waals surface area (Å²) in [5, 5.41) is 0. The highest BCUT2D eigenvalue weighted by Gasteiger charge is 2.03. The van der Waals surface area contributed by atoms with Crippen molar-refractivity contribution >= 4 is 12.4 Å². The van der Waals surface area contributed by atoms with Gasteiger partial charge in [0.1, 0.15) is 0 Å². The van der Waals surface area contributed by atoms with Crippen molar-refractivity contribution in [1.29, 1.82) is 0 Å². The minimum absolute atomic E-state index is 0.385. The maximum atomic E-state index is 4.38. The molecule has 82 valence electrons. The van der Waals surface area contributed by atoms with Gasteiger partial charge in [0.2, 0.25) is 0 Å². The van der Waals surface area contributed by atoms with Crippen LogP contribution in [0.5, 0.6) is 0 Å². The van der Waals surface area contributed by atoms with E-state index in [1.165, 1.54) is 0 Å². The molecule has 0 aromatic rings. The Morgan fingerprint density at radius 2 is 0.929 bits per heavy atom. The van der Waals surface area contributed by atoms with Crippen LogP contribution < -0.4 is 0 Å². The van der Waals surface area contributed by atoms with Crippen LogP contribution in [0.15, 0.2) is 9.98 Å². The number of hydrogen-bond donors (Lipinski definition) is 0. The Bertz CT molecular complexity index is 170. The molecule has 14 heavy (non-hydrogen) atoms. The Labute approximate surface area is 88.5 Å². The molecule has 2 heteroatoms. The second-order valence-electron chi connectivity index (χ2n) is 4.57. The third-order valence-electron chi connectivity index (χ3n) is 2.64. The minimum Gasteiger partial charge on any atom is -0.288 e. The highest BCUT2D eigenvalue weighted by molar-refractivity contribution is 6.16. The van der Waals surface area contributed by atoms with Crippen LogP contribution in [0.4, 0.5) is 0 Å². The molecule has 0 unspecified atom stereocenters. The fraction of sp³-hybridized carbons (Fsp3) is 0.833. The predicted molar refractivity (Wildman–Crippen MR) is 65.6 cm³/mol. The average molecular weight is 196 g/mol. The molecule has 0 aliphatic rings. The van der Waals surface area contributed by atoms with Gasteiger partial charge in [-0.3, -0.25) is 9.98 Å². The standard InChI is InChI=1S/C12H24N2/c1-9(2)11(5)13-7-8-14-12(6)10(3)4/h7-12H,1-6H3/t11-,12-/m0/s1. The Morgan fingerprint density at radius 1 is 0.643 bits per heavy atom. The molecule has 0 saturated carbocycles. The smallest absolute Gasteiger partial charge is 0.0494 e. The minimum atomic E-state index is 0.385. The van der Waals surface area contributed by atoms with Crippen molar-refractivity contribution in [2.75, 3.05) is 0 Å². The van der Waals surface area contributed by atoms with E-state index >= 15 is 0 Å². The van der Waals surface area contributed by atoms with Crippen LogP contribution in [-0.2, 0) is 0 Å². The summed E-state index contributed by atoms with van der Waals surface area (Å²) in [6.07, 6.45) is 3.65. The van der Waals surface area contributed by atoms with Crippen LogP contribution in [0.3, 0.4) is 0 Å². The lowest BCUT2D eigenvalue weighted by atomic mass is 10.1. The van der Waals surface area contributed by atoms with Crippen LogP contribution in [0, 0.1) is 11.8 Å². The molecule has 0 amide bonds. The van der Waals surface area contributed by atoms with Crippen LogP contribution in [0.1, 0.15) is 41.5 Å². The van der Waals surface area contributed by atoms with Crippen molar-refractivity contribution in [2.24, 2.45) is 21.8 Å². The van der Waals surface area contributed by atoms with Crippen molar-refractivity contribution in [3.8, 4) is 0 Å². The van der Waals surface area contributed by atoms with Gasteiger partial charge in [0.25, 0.3) is 0 Å². The molecule has 0 aliphatic carbocycles. The van der Waals surface area contributed by atoms with Gasteiger partial charge in [-0.25, -0.2) is 0 Å². The fourth-order valence-corrected chi connectivity index (χ4v) is 0.693. The van der Waals surface area contributed by atoms with Crippen LogP contribution >= 0.6 is 0 Å². The van der Waals surface area contributed by atoms with Gasteiger partial charge < -0.3 is 0 Å². The first-order valence-corrected chi connectivity index (χ1v) is 5.50. The maximum absolute atomic E-state index is 4.38. The first-order chi connectivity index (χ1) is 6.45. The lowest BCUT2D eigenvalue weighted by molar-refractivity contribution is 0.531. The van der Waals surface area contributed by atoms with Gasteiger partial charge in [0.15, 0.2) is 0 Å². The van der Waals surface area contributed by atoms with E-state index in [4.69, 9.17) is 0 Å². The summed E-state index contributed by atoms with van der Waals surface area (Å²) in [6, 6.07) is 0.770. The summed E-state index contributed by atoms with van der Waals surface area (Å²) in [6.45, 7) is 13.0. The first kappa shape index (κ1) is 13.3. The van der Waals surface area contributed by atoms with Gasteiger partial charge in [-0.2, -0.15) is 0 Å². The lowest BCUT2D eigenvalue weighted by Crippen LogP contribution is -2.09. The van der Waals surface area contributed by atoms with Crippen molar-refractivity contribution in [3.63, 3.8) is 0 Å². The van der Waals surface area contributed by atoms with Gasteiger partial charge >= 0.3 is 0 Å². The molecule has 0 radical (unpaired) electrons. The van der Waals surface area contributed by atoms with Gasteiger partial charge in [-0.1, -0.05) is 27.7 Å². The zero-order valence-electron chi connectivity index (χ0n) is 10.4. The number of hydrogen-bond acceptors (Lipinski definition) is 2. The summed E-state index contributed by atoms with van der Waals surface area (Å²) in [5.74, 6) is 1.20. The number of nitrogens with zero attached hydrogens (tertiary/aromatic N) is 2. The summed E-state index contributed by atoms with van der Waals surface area (Å²) < 4.78 is 0. The van der Waals surface area contributed by atoms with Gasteiger partial charge in [-0.05, 0) is 25.7 Å². The molecule has 0 aliphatic heterocycles. The third kappa shape index (κ3) is 5.90. The van der Waals surface area contributed by atoms with E-state index in [2.05, 4.69) is 51.5 Å². The van der Waals surface area contributed by atoms with E-state index in [-0.39, 0.29) is 0 Å². The molecule has 2 nitrogen and oxygen atoms in total. The van der Waals surface area contributed by atoms with E-state index < -0.39 is 0 Å². The molecule has 0 heterocycles. The molecular formula is C12H24N2. The van der Waals surface area contributed by atoms with Crippen molar-refractivity contribution in [1.82, 2.24) is 0 Å². The topological polar surface area (TPSA) is 24.7 Å². The van der Waals surface area contributed by atoms with E-state index in [0.29, 0.717) is 23.9 Å². The predicted octanol–water partition coefficient (Wildman–Crippen LogP) is 3.22. The van der Waals surface area contributed by atoms with E-state index in [1.807, 2.05) is 12.4 Å².